The number of hydrogen-bond acceptors (Lipinski definition) is 4. The van der Waals surface area contributed by atoms with Crippen LogP contribution in [0.3, 0.4) is 0 Å². The topological polar surface area (TPSA) is 55.8 Å². The number of carbonyl (C=O) groups is 1. The molecule has 4 saturated carbocycles. The Labute approximate surface area is 164 Å². The normalized spacial score (nSPS) is 49.2. The summed E-state index contributed by atoms with van der Waals surface area (Å²) in [7, 11) is 1.70. The molecule has 0 saturated heterocycles. The summed E-state index contributed by atoms with van der Waals surface area (Å²) in [5.74, 6) is 3.22. The SMILES string of the molecule is COCO[C@@H]1CC[C@]2(C)C3CC[C@]4(C(C)=O)C(CC[C@@H]4CO)C3CC[C@H]2C1. The molecule has 0 spiro atoms. The van der Waals surface area contributed by atoms with Crippen LogP contribution in [0.15, 0.2) is 0 Å². The zero-order valence-corrected chi connectivity index (χ0v) is 17.4. The monoisotopic (exact) mass is 378 g/mol. The van der Waals surface area contributed by atoms with Crippen molar-refractivity contribution in [3.63, 3.8) is 0 Å². The number of ether oxygens (including phenoxy) is 2. The van der Waals surface area contributed by atoms with Gasteiger partial charge in [0.05, 0.1) is 6.10 Å². The second-order valence-electron chi connectivity index (χ2n) is 10.2. The highest BCUT2D eigenvalue weighted by atomic mass is 16.7. The van der Waals surface area contributed by atoms with Crippen molar-refractivity contribution in [1.82, 2.24) is 0 Å². The molecule has 0 amide bonds. The maximum Gasteiger partial charge on any atom is 0.146 e. The molecule has 1 N–H and O–H groups in total. The quantitative estimate of drug-likeness (QED) is 0.729. The van der Waals surface area contributed by atoms with E-state index in [2.05, 4.69) is 6.92 Å². The number of rotatable bonds is 5. The number of carbonyl (C=O) groups excluding carboxylic acids is 1. The predicted octanol–water partition coefficient (Wildman–Crippen LogP) is 4.20. The van der Waals surface area contributed by atoms with E-state index in [1.54, 1.807) is 14.0 Å². The van der Waals surface area contributed by atoms with Crippen molar-refractivity contribution in [2.45, 2.75) is 77.7 Å². The third-order valence-electron chi connectivity index (χ3n) is 9.60. The van der Waals surface area contributed by atoms with Crippen LogP contribution in [0.2, 0.25) is 0 Å². The van der Waals surface area contributed by atoms with Crippen molar-refractivity contribution in [2.24, 2.45) is 40.4 Å². The minimum Gasteiger partial charge on any atom is -0.396 e. The van der Waals surface area contributed by atoms with Crippen LogP contribution in [0.5, 0.6) is 0 Å². The van der Waals surface area contributed by atoms with Crippen LogP contribution in [0.25, 0.3) is 0 Å². The number of ketones is 1. The van der Waals surface area contributed by atoms with Gasteiger partial charge in [-0.05, 0) is 99.7 Å². The highest BCUT2D eigenvalue weighted by Crippen LogP contribution is 2.67. The van der Waals surface area contributed by atoms with Gasteiger partial charge in [0.15, 0.2) is 0 Å². The van der Waals surface area contributed by atoms with E-state index in [0.717, 1.165) is 37.5 Å². The van der Waals surface area contributed by atoms with E-state index < -0.39 is 0 Å². The molecule has 4 aliphatic rings. The lowest BCUT2D eigenvalue weighted by Gasteiger charge is -2.61. The Balaban J connectivity index is 1.55. The van der Waals surface area contributed by atoms with E-state index >= 15 is 0 Å². The fraction of sp³-hybridized carbons (Fsp3) is 0.957. The molecule has 3 unspecified atom stereocenters. The maximum atomic E-state index is 12.8. The standard InChI is InChI=1S/C23H38O4/c1-15(25)23-11-9-20-19(21(23)7-5-17(23)13-24)6-4-16-12-18(27-14-26-3)8-10-22(16,20)2/h16-21,24H,4-14H2,1-3H3/t16-,17+,18+,19?,20?,21?,22-,23+/m0/s1. The molecule has 4 fully saturated rings. The fourth-order valence-corrected chi connectivity index (χ4v) is 8.30. The molecule has 0 aliphatic heterocycles. The molecule has 0 bridgehead atoms. The lowest BCUT2D eigenvalue weighted by atomic mass is 9.44. The largest absolute Gasteiger partial charge is 0.396 e. The molecule has 4 nitrogen and oxygen atoms in total. The van der Waals surface area contributed by atoms with Gasteiger partial charge in [-0.2, -0.15) is 0 Å². The van der Waals surface area contributed by atoms with Gasteiger partial charge in [-0.15, -0.1) is 0 Å². The van der Waals surface area contributed by atoms with Gasteiger partial charge in [0, 0.05) is 19.1 Å². The summed E-state index contributed by atoms with van der Waals surface area (Å²) in [5.41, 5.74) is 0.175. The molecule has 8 atom stereocenters. The smallest absolute Gasteiger partial charge is 0.146 e. The third-order valence-corrected chi connectivity index (χ3v) is 9.60. The van der Waals surface area contributed by atoms with Crippen molar-refractivity contribution in [3.8, 4) is 0 Å². The van der Waals surface area contributed by atoms with Crippen LogP contribution >= 0.6 is 0 Å². The summed E-state index contributed by atoms with van der Waals surface area (Å²) >= 11 is 0. The van der Waals surface area contributed by atoms with Gasteiger partial charge in [0.25, 0.3) is 0 Å². The van der Waals surface area contributed by atoms with Gasteiger partial charge in [0.1, 0.15) is 12.6 Å². The molecule has 4 aliphatic carbocycles. The van der Waals surface area contributed by atoms with Crippen molar-refractivity contribution in [1.29, 1.82) is 0 Å². The molecule has 0 aromatic rings. The second kappa shape index (κ2) is 7.42. The zero-order chi connectivity index (χ0) is 19.2. The molecule has 4 rings (SSSR count). The molecule has 0 radical (unpaired) electrons. The Morgan fingerprint density at radius 1 is 1.07 bits per heavy atom. The molecule has 0 heterocycles. The summed E-state index contributed by atoms with van der Waals surface area (Å²) in [4.78, 5) is 12.8. The summed E-state index contributed by atoms with van der Waals surface area (Å²) in [6.07, 6.45) is 10.8. The second-order valence-corrected chi connectivity index (χ2v) is 10.2. The first-order valence-electron chi connectivity index (χ1n) is 11.2. The van der Waals surface area contributed by atoms with Crippen molar-refractivity contribution < 1.29 is 19.4 Å². The Hall–Kier alpha value is -0.450. The van der Waals surface area contributed by atoms with E-state index in [1.807, 2.05) is 0 Å². The van der Waals surface area contributed by atoms with E-state index in [0.29, 0.717) is 35.9 Å². The first kappa shape index (κ1) is 19.8. The molecule has 0 aromatic heterocycles. The van der Waals surface area contributed by atoms with Crippen LogP contribution in [-0.4, -0.2) is 37.5 Å². The van der Waals surface area contributed by atoms with Crippen molar-refractivity contribution >= 4 is 5.78 Å². The van der Waals surface area contributed by atoms with E-state index in [1.165, 1.54) is 32.1 Å². The fourth-order valence-electron chi connectivity index (χ4n) is 8.30. The number of methoxy groups -OCH3 is 1. The van der Waals surface area contributed by atoms with Gasteiger partial charge in [-0.25, -0.2) is 0 Å². The first-order valence-corrected chi connectivity index (χ1v) is 11.2. The Bertz CT molecular complexity index is 563. The first-order chi connectivity index (χ1) is 13.0. The minimum atomic E-state index is -0.224. The summed E-state index contributed by atoms with van der Waals surface area (Å²) < 4.78 is 11.0. The number of Topliss-reactive ketones (excluding diaryl/α,β-unsaturated/α-hetero) is 1. The van der Waals surface area contributed by atoms with E-state index in [-0.39, 0.29) is 17.9 Å². The van der Waals surface area contributed by atoms with Crippen molar-refractivity contribution in [3.05, 3.63) is 0 Å². The number of aliphatic hydroxyl groups excluding tert-OH is 1. The van der Waals surface area contributed by atoms with Crippen molar-refractivity contribution in [2.75, 3.05) is 20.5 Å². The van der Waals surface area contributed by atoms with E-state index in [4.69, 9.17) is 9.47 Å². The van der Waals surface area contributed by atoms with Crippen LogP contribution in [0, 0.1) is 40.4 Å². The highest BCUT2D eigenvalue weighted by Gasteiger charge is 2.63. The van der Waals surface area contributed by atoms with Crippen LogP contribution < -0.4 is 0 Å². The van der Waals surface area contributed by atoms with Gasteiger partial charge in [-0.3, -0.25) is 4.79 Å². The summed E-state index contributed by atoms with van der Waals surface area (Å²) in [6.45, 7) is 4.94. The lowest BCUT2D eigenvalue weighted by molar-refractivity contribution is -0.163. The maximum absolute atomic E-state index is 12.8. The van der Waals surface area contributed by atoms with Gasteiger partial charge in [-0.1, -0.05) is 6.92 Å². The van der Waals surface area contributed by atoms with Crippen LogP contribution in [0.1, 0.15) is 71.6 Å². The number of aliphatic hydroxyl groups is 1. The average molecular weight is 379 g/mol. The lowest BCUT2D eigenvalue weighted by Crippen LogP contribution is -2.56. The zero-order valence-electron chi connectivity index (χ0n) is 17.4. The van der Waals surface area contributed by atoms with Gasteiger partial charge in [0.2, 0.25) is 0 Å². The van der Waals surface area contributed by atoms with Crippen LogP contribution in [0.4, 0.5) is 0 Å². The molecule has 4 heteroatoms. The number of fused-ring (bicyclic) bond motifs is 5. The molecular weight excluding hydrogens is 340 g/mol. The molecule has 0 aromatic carbocycles. The number of hydrogen-bond donors (Lipinski definition) is 1. The molecular formula is C23H38O4. The molecule has 27 heavy (non-hydrogen) atoms. The van der Waals surface area contributed by atoms with Crippen LogP contribution in [-0.2, 0) is 14.3 Å². The predicted molar refractivity (Wildman–Crippen MR) is 104 cm³/mol. The summed E-state index contributed by atoms with van der Waals surface area (Å²) in [5, 5.41) is 9.98. The minimum absolute atomic E-state index is 0.186. The van der Waals surface area contributed by atoms with E-state index in [9.17, 15) is 9.90 Å². The Kier molecular flexibility index (Phi) is 5.46. The third kappa shape index (κ3) is 2.93. The van der Waals surface area contributed by atoms with Gasteiger partial charge >= 0.3 is 0 Å². The van der Waals surface area contributed by atoms with Gasteiger partial charge < -0.3 is 14.6 Å². The molecule has 154 valence electrons. The Morgan fingerprint density at radius 3 is 2.59 bits per heavy atom. The highest BCUT2D eigenvalue weighted by molar-refractivity contribution is 5.83. The Morgan fingerprint density at radius 2 is 1.89 bits per heavy atom. The summed E-state index contributed by atoms with van der Waals surface area (Å²) in [6, 6.07) is 0. The average Bonchev–Trinajstić information content (AvgIpc) is 3.06.